The first-order valence-electron chi connectivity index (χ1n) is 9.14. The van der Waals surface area contributed by atoms with Gasteiger partial charge in [-0.3, -0.25) is 14.2 Å². The Hall–Kier alpha value is -3.79. The van der Waals surface area contributed by atoms with Crippen molar-refractivity contribution in [2.75, 3.05) is 6.61 Å². The molecule has 0 saturated heterocycles. The Morgan fingerprint density at radius 2 is 2.10 bits per heavy atom. The molecule has 1 N–H and O–H groups in total. The normalized spacial score (nSPS) is 10.5. The second kappa shape index (κ2) is 8.48. The Balaban J connectivity index is 2.12. The van der Waals surface area contributed by atoms with Crippen LogP contribution in [0, 0.1) is 18.3 Å². The Morgan fingerprint density at radius 1 is 1.31 bits per heavy atom. The standard InChI is InChI=1S/C22H20N2O5/c1-3-9-28-16-7-4-6-15(11-16)20(25)19-14(2)18(12-23)21(26)24(22(19)27)13-17-8-5-10-29-17/h4-8,10-11,27H,3,9,13H2,1-2H3. The zero-order chi connectivity index (χ0) is 21.0. The molecule has 2 heterocycles. The Labute approximate surface area is 167 Å². The maximum Gasteiger partial charge on any atom is 0.271 e. The Kier molecular flexibility index (Phi) is 5.84. The van der Waals surface area contributed by atoms with E-state index < -0.39 is 17.2 Å². The van der Waals surface area contributed by atoms with Crippen molar-refractivity contribution in [1.82, 2.24) is 4.57 Å². The molecule has 0 spiro atoms. The molecule has 0 bridgehead atoms. The van der Waals surface area contributed by atoms with Gasteiger partial charge in [0, 0.05) is 5.56 Å². The van der Waals surface area contributed by atoms with Gasteiger partial charge in [0.2, 0.25) is 5.88 Å². The van der Waals surface area contributed by atoms with Crippen molar-refractivity contribution in [3.05, 3.63) is 81.0 Å². The number of benzene rings is 1. The van der Waals surface area contributed by atoms with Crippen LogP contribution in [0.25, 0.3) is 0 Å². The van der Waals surface area contributed by atoms with E-state index in [1.807, 2.05) is 13.0 Å². The number of ether oxygens (including phenoxy) is 1. The van der Waals surface area contributed by atoms with Crippen LogP contribution in [0.4, 0.5) is 0 Å². The number of ketones is 1. The third-order valence-electron chi connectivity index (χ3n) is 4.49. The van der Waals surface area contributed by atoms with E-state index in [0.717, 1.165) is 11.0 Å². The predicted molar refractivity (Wildman–Crippen MR) is 105 cm³/mol. The van der Waals surface area contributed by atoms with E-state index in [9.17, 15) is 20.0 Å². The number of carbonyl (C=O) groups excluding carboxylic acids is 1. The molecule has 0 unspecified atom stereocenters. The minimum atomic E-state index is -0.685. The summed E-state index contributed by atoms with van der Waals surface area (Å²) in [6.07, 6.45) is 2.26. The third-order valence-corrected chi connectivity index (χ3v) is 4.49. The van der Waals surface area contributed by atoms with Gasteiger partial charge in [-0.1, -0.05) is 19.1 Å². The van der Waals surface area contributed by atoms with E-state index >= 15 is 0 Å². The summed E-state index contributed by atoms with van der Waals surface area (Å²) < 4.78 is 11.8. The number of nitrogens with zero attached hydrogens (tertiary/aromatic N) is 2. The van der Waals surface area contributed by atoms with Crippen molar-refractivity contribution in [2.45, 2.75) is 26.8 Å². The number of aromatic hydroxyl groups is 1. The molecule has 0 atom stereocenters. The van der Waals surface area contributed by atoms with Crippen LogP contribution in [0.5, 0.6) is 11.6 Å². The zero-order valence-electron chi connectivity index (χ0n) is 16.1. The maximum atomic E-state index is 13.2. The minimum Gasteiger partial charge on any atom is -0.494 e. The number of furan rings is 1. The molecule has 1 aromatic carbocycles. The fourth-order valence-corrected chi connectivity index (χ4v) is 3.02. The summed E-state index contributed by atoms with van der Waals surface area (Å²) in [5.74, 6) is -0.0813. The summed E-state index contributed by atoms with van der Waals surface area (Å²) in [4.78, 5) is 25.8. The van der Waals surface area contributed by atoms with E-state index in [1.54, 1.807) is 36.4 Å². The van der Waals surface area contributed by atoms with E-state index in [1.165, 1.54) is 13.2 Å². The van der Waals surface area contributed by atoms with E-state index in [-0.39, 0.29) is 28.8 Å². The molecular weight excluding hydrogens is 372 g/mol. The summed E-state index contributed by atoms with van der Waals surface area (Å²) in [7, 11) is 0. The SMILES string of the molecule is CCCOc1cccc(C(=O)c2c(C)c(C#N)c(=O)n(Cc3ccco3)c2O)c1. The highest BCUT2D eigenvalue weighted by Gasteiger charge is 2.25. The summed E-state index contributed by atoms with van der Waals surface area (Å²) in [6.45, 7) is 3.85. The molecule has 2 aromatic heterocycles. The van der Waals surface area contributed by atoms with Gasteiger partial charge in [0.25, 0.3) is 5.56 Å². The Bertz CT molecular complexity index is 1140. The molecule has 0 fully saturated rings. The first-order chi connectivity index (χ1) is 14.0. The highest BCUT2D eigenvalue weighted by atomic mass is 16.5. The lowest BCUT2D eigenvalue weighted by molar-refractivity contribution is 0.103. The van der Waals surface area contributed by atoms with Crippen LogP contribution in [0.3, 0.4) is 0 Å². The molecule has 0 aliphatic heterocycles. The van der Waals surface area contributed by atoms with Crippen LogP contribution in [0.15, 0.2) is 51.9 Å². The molecule has 148 valence electrons. The number of hydrogen-bond acceptors (Lipinski definition) is 6. The van der Waals surface area contributed by atoms with E-state index in [0.29, 0.717) is 18.1 Å². The van der Waals surface area contributed by atoms with Gasteiger partial charge in [-0.25, -0.2) is 0 Å². The van der Waals surface area contributed by atoms with E-state index in [4.69, 9.17) is 9.15 Å². The number of pyridine rings is 1. The highest BCUT2D eigenvalue weighted by Crippen LogP contribution is 2.27. The van der Waals surface area contributed by atoms with E-state index in [2.05, 4.69) is 0 Å². The van der Waals surface area contributed by atoms with Gasteiger partial charge in [0.05, 0.1) is 25.0 Å². The molecule has 0 aliphatic carbocycles. The van der Waals surface area contributed by atoms with Crippen molar-refractivity contribution in [1.29, 1.82) is 5.26 Å². The van der Waals surface area contributed by atoms with Gasteiger partial charge in [0.1, 0.15) is 23.1 Å². The van der Waals surface area contributed by atoms with Crippen LogP contribution in [-0.2, 0) is 6.54 Å². The quantitative estimate of drug-likeness (QED) is 0.618. The van der Waals surface area contributed by atoms with Crippen LogP contribution in [0.1, 0.15) is 46.2 Å². The number of nitriles is 1. The summed E-state index contributed by atoms with van der Waals surface area (Å²) >= 11 is 0. The lowest BCUT2D eigenvalue weighted by Gasteiger charge is -2.15. The predicted octanol–water partition coefficient (Wildman–Crippen LogP) is 3.40. The highest BCUT2D eigenvalue weighted by molar-refractivity contribution is 6.11. The first kappa shape index (κ1) is 20.0. The van der Waals surface area contributed by atoms with Crippen molar-refractivity contribution in [2.24, 2.45) is 0 Å². The molecule has 0 radical (unpaired) electrons. The van der Waals surface area contributed by atoms with Crippen molar-refractivity contribution >= 4 is 5.78 Å². The van der Waals surface area contributed by atoms with Gasteiger partial charge in [-0.15, -0.1) is 0 Å². The summed E-state index contributed by atoms with van der Waals surface area (Å²) in [5.41, 5.74) is -0.563. The molecule has 0 aliphatic rings. The van der Waals surface area contributed by atoms with Gasteiger partial charge < -0.3 is 14.3 Å². The fourth-order valence-electron chi connectivity index (χ4n) is 3.02. The lowest BCUT2D eigenvalue weighted by Crippen LogP contribution is -2.27. The van der Waals surface area contributed by atoms with Gasteiger partial charge in [-0.2, -0.15) is 5.26 Å². The third kappa shape index (κ3) is 3.92. The fraction of sp³-hybridized carbons (Fsp3) is 0.227. The van der Waals surface area contributed by atoms with Crippen LogP contribution >= 0.6 is 0 Å². The summed E-state index contributed by atoms with van der Waals surface area (Å²) in [5, 5.41) is 20.2. The van der Waals surface area contributed by atoms with Crippen LogP contribution in [0.2, 0.25) is 0 Å². The van der Waals surface area contributed by atoms with Crippen LogP contribution in [-0.4, -0.2) is 22.1 Å². The topological polar surface area (TPSA) is 105 Å². The molecule has 3 aromatic rings. The first-order valence-corrected chi connectivity index (χ1v) is 9.14. The van der Waals surface area contributed by atoms with Gasteiger partial charge in [-0.05, 0) is 43.2 Å². The smallest absolute Gasteiger partial charge is 0.271 e. The second-order valence-corrected chi connectivity index (χ2v) is 6.49. The molecule has 29 heavy (non-hydrogen) atoms. The van der Waals surface area contributed by atoms with Crippen molar-refractivity contribution in [3.8, 4) is 17.7 Å². The average Bonchev–Trinajstić information content (AvgIpc) is 3.23. The monoisotopic (exact) mass is 392 g/mol. The molecule has 0 amide bonds. The maximum absolute atomic E-state index is 13.2. The second-order valence-electron chi connectivity index (χ2n) is 6.49. The lowest BCUT2D eigenvalue weighted by atomic mass is 9.97. The van der Waals surface area contributed by atoms with Gasteiger partial charge in [0.15, 0.2) is 5.78 Å². The number of carbonyl (C=O) groups is 1. The Morgan fingerprint density at radius 3 is 2.76 bits per heavy atom. The molecule has 7 nitrogen and oxygen atoms in total. The molecule has 3 rings (SSSR count). The molecule has 7 heteroatoms. The average molecular weight is 392 g/mol. The van der Waals surface area contributed by atoms with Gasteiger partial charge >= 0.3 is 0 Å². The number of hydrogen-bond donors (Lipinski definition) is 1. The number of aromatic nitrogens is 1. The zero-order valence-corrected chi connectivity index (χ0v) is 16.1. The van der Waals surface area contributed by atoms with Crippen LogP contribution < -0.4 is 10.3 Å². The largest absolute Gasteiger partial charge is 0.494 e. The number of rotatable bonds is 7. The van der Waals surface area contributed by atoms with Crippen molar-refractivity contribution < 1.29 is 19.1 Å². The van der Waals surface area contributed by atoms with Crippen molar-refractivity contribution in [3.63, 3.8) is 0 Å². The summed E-state index contributed by atoms with van der Waals surface area (Å²) in [6, 6.07) is 11.7. The minimum absolute atomic E-state index is 0.0969. The molecular formula is C22H20N2O5. The molecule has 0 saturated carbocycles.